The molecule has 2 aliphatic heterocycles. The fraction of sp³-hybridized carbons (Fsp3) is 0.519. The van der Waals surface area contributed by atoms with Crippen LogP contribution in [-0.4, -0.2) is 70.5 Å². The van der Waals surface area contributed by atoms with Gasteiger partial charge in [-0.2, -0.15) is 0 Å². The molecule has 2 aromatic rings. The Balaban J connectivity index is 1.63. The van der Waals surface area contributed by atoms with E-state index < -0.39 is 49.5 Å². The summed E-state index contributed by atoms with van der Waals surface area (Å²) in [5.74, 6) is -2.37. The van der Waals surface area contributed by atoms with E-state index >= 15 is 0 Å². The quantitative estimate of drug-likeness (QED) is 0.382. The van der Waals surface area contributed by atoms with Crippen molar-refractivity contribution in [3.05, 3.63) is 54.1 Å². The second-order valence-corrected chi connectivity index (χ2v) is 14.3. The van der Waals surface area contributed by atoms with E-state index in [0.29, 0.717) is 23.1 Å². The van der Waals surface area contributed by atoms with E-state index in [0.717, 1.165) is 24.9 Å². The Morgan fingerprint density at radius 3 is 2.41 bits per heavy atom. The van der Waals surface area contributed by atoms with Crippen LogP contribution in [0.15, 0.2) is 53.4 Å². The van der Waals surface area contributed by atoms with Crippen molar-refractivity contribution in [2.75, 3.05) is 31.3 Å². The first-order valence-corrected chi connectivity index (χ1v) is 16.5. The minimum Gasteiger partial charge on any atom is -0.486 e. The Labute approximate surface area is 230 Å². The summed E-state index contributed by atoms with van der Waals surface area (Å²) in [6.07, 6.45) is 0.818. The van der Waals surface area contributed by atoms with Gasteiger partial charge in [-0.05, 0) is 49.4 Å². The van der Waals surface area contributed by atoms with E-state index in [1.165, 1.54) is 25.1 Å². The molecule has 4 rings (SSSR count). The van der Waals surface area contributed by atoms with Crippen LogP contribution in [0.25, 0.3) is 0 Å². The van der Waals surface area contributed by atoms with Crippen molar-refractivity contribution in [3.63, 3.8) is 0 Å². The van der Waals surface area contributed by atoms with Crippen LogP contribution in [0.5, 0.6) is 11.5 Å². The molecule has 39 heavy (non-hydrogen) atoms. The molecule has 2 aromatic carbocycles. The van der Waals surface area contributed by atoms with E-state index in [1.54, 1.807) is 6.92 Å². The first-order valence-electron chi connectivity index (χ1n) is 13.2. The summed E-state index contributed by atoms with van der Waals surface area (Å²) in [6, 6.07) is 13.4. The largest absolute Gasteiger partial charge is 0.486 e. The molecule has 0 radical (unpaired) electrons. The third kappa shape index (κ3) is 7.10. The molecule has 0 bridgehead atoms. The average Bonchev–Trinajstić information content (AvgIpc) is 3.40. The number of benzene rings is 2. The number of amides is 1. The molecular weight excluding hydrogens is 542 g/mol. The highest BCUT2D eigenvalue weighted by Crippen LogP contribution is 2.34. The molecule has 2 heterocycles. The van der Waals surface area contributed by atoms with Crippen LogP contribution < -0.4 is 20.5 Å². The van der Waals surface area contributed by atoms with Gasteiger partial charge >= 0.3 is 0 Å². The van der Waals surface area contributed by atoms with Crippen LogP contribution in [-0.2, 0) is 31.1 Å². The molecule has 1 fully saturated rings. The van der Waals surface area contributed by atoms with Gasteiger partial charge in [0, 0.05) is 12.1 Å². The molecule has 1 unspecified atom stereocenters. The average molecular weight is 580 g/mol. The first kappa shape index (κ1) is 29.3. The summed E-state index contributed by atoms with van der Waals surface area (Å²) >= 11 is 0. The highest BCUT2D eigenvalue weighted by molar-refractivity contribution is 7.91. The molecule has 4 atom stereocenters. The number of ether oxygens (including phenoxy) is 2. The number of nitrogens with one attached hydrogen (secondary N) is 1. The summed E-state index contributed by atoms with van der Waals surface area (Å²) in [5.41, 5.74) is 7.45. The Hall–Kier alpha value is -2.67. The van der Waals surface area contributed by atoms with Crippen molar-refractivity contribution in [1.82, 2.24) is 9.62 Å². The van der Waals surface area contributed by atoms with Crippen molar-refractivity contribution in [2.45, 2.75) is 50.2 Å². The van der Waals surface area contributed by atoms with Crippen LogP contribution in [0, 0.1) is 11.8 Å². The lowest BCUT2D eigenvalue weighted by Crippen LogP contribution is -2.55. The second-order valence-electron chi connectivity index (χ2n) is 10.4. The van der Waals surface area contributed by atoms with Gasteiger partial charge in [0.1, 0.15) is 13.2 Å². The summed E-state index contributed by atoms with van der Waals surface area (Å²) in [5, 5.41) is 3.15. The maximum Gasteiger partial charge on any atom is 0.268 e. The number of fused-ring (bicyclic) bond motifs is 1. The third-order valence-electron chi connectivity index (χ3n) is 7.08. The molecular formula is C27H37N3O7S2. The van der Waals surface area contributed by atoms with Crippen LogP contribution in [0.3, 0.4) is 0 Å². The lowest BCUT2D eigenvalue weighted by molar-refractivity contribution is -0.131. The lowest BCUT2D eigenvalue weighted by atomic mass is 9.98. The Bertz CT molecular complexity index is 1360. The Morgan fingerprint density at radius 1 is 1.05 bits per heavy atom. The molecule has 214 valence electrons. The SMILES string of the molecule is CC(CS(=O)(=O)C[C@H]1CCCN1)C(=O)N([C@H](N)[C@@H](C)Cc1ccccc1)S(=O)(=O)c1ccc2c(c1)OCCO2. The van der Waals surface area contributed by atoms with Crippen molar-refractivity contribution in [2.24, 2.45) is 17.6 Å². The van der Waals surface area contributed by atoms with Crippen molar-refractivity contribution >= 4 is 25.8 Å². The normalized spacial score (nSPS) is 19.7. The standard InChI is InChI=1S/C27H37N3O7S2/c1-19(15-21-7-4-3-5-8-21)26(28)30(27(31)20(2)17-38(32,33)18-22-9-6-12-29-22)39(34,35)23-10-11-24-25(16-23)37-14-13-36-24/h3-5,7-8,10-11,16,19-20,22,26,29H,6,9,12-15,17-18,28H2,1-2H3/t19-,20?,22+,26-/m0/s1. The zero-order chi connectivity index (χ0) is 28.2. The predicted molar refractivity (Wildman–Crippen MR) is 148 cm³/mol. The van der Waals surface area contributed by atoms with Gasteiger partial charge in [-0.3, -0.25) is 4.79 Å². The maximum atomic E-state index is 14.0. The van der Waals surface area contributed by atoms with E-state index in [-0.39, 0.29) is 29.0 Å². The van der Waals surface area contributed by atoms with Gasteiger partial charge in [-0.1, -0.05) is 44.2 Å². The van der Waals surface area contributed by atoms with Gasteiger partial charge in [0.05, 0.1) is 28.5 Å². The van der Waals surface area contributed by atoms with Gasteiger partial charge in [-0.25, -0.2) is 21.1 Å². The second kappa shape index (κ2) is 12.2. The topological polar surface area (TPSA) is 145 Å². The van der Waals surface area contributed by atoms with Crippen LogP contribution in [0.4, 0.5) is 0 Å². The zero-order valence-corrected chi connectivity index (χ0v) is 23.9. The van der Waals surface area contributed by atoms with Gasteiger partial charge in [0.15, 0.2) is 21.3 Å². The number of hydrogen-bond acceptors (Lipinski definition) is 9. The molecule has 10 nitrogen and oxygen atoms in total. The number of carbonyl (C=O) groups is 1. The number of sulfone groups is 1. The summed E-state index contributed by atoms with van der Waals surface area (Å²) in [6.45, 7) is 4.56. The number of hydrogen-bond donors (Lipinski definition) is 2. The fourth-order valence-electron chi connectivity index (χ4n) is 5.00. The molecule has 0 saturated carbocycles. The molecule has 3 N–H and O–H groups in total. The van der Waals surface area contributed by atoms with Crippen molar-refractivity contribution in [1.29, 1.82) is 0 Å². The summed E-state index contributed by atoms with van der Waals surface area (Å²) in [4.78, 5) is 13.6. The lowest BCUT2D eigenvalue weighted by Gasteiger charge is -2.34. The number of nitrogens with zero attached hydrogens (tertiary/aromatic N) is 1. The monoisotopic (exact) mass is 579 g/mol. The molecule has 1 amide bonds. The number of rotatable bonds is 11. The highest BCUT2D eigenvalue weighted by Gasteiger charge is 2.40. The zero-order valence-electron chi connectivity index (χ0n) is 22.3. The Kier molecular flexibility index (Phi) is 9.20. The molecule has 2 aliphatic rings. The number of nitrogens with two attached hydrogens (primary N) is 1. The minimum absolute atomic E-state index is 0.101. The van der Waals surface area contributed by atoms with E-state index in [2.05, 4.69) is 5.32 Å². The summed E-state index contributed by atoms with van der Waals surface area (Å²) < 4.78 is 65.5. The highest BCUT2D eigenvalue weighted by atomic mass is 32.2. The van der Waals surface area contributed by atoms with Gasteiger partial charge in [0.2, 0.25) is 5.91 Å². The molecule has 1 saturated heterocycles. The third-order valence-corrected chi connectivity index (χ3v) is 10.8. The maximum absolute atomic E-state index is 14.0. The minimum atomic E-state index is -4.48. The Morgan fingerprint density at radius 2 is 1.74 bits per heavy atom. The predicted octanol–water partition coefficient (Wildman–Crippen LogP) is 1.94. The van der Waals surface area contributed by atoms with Crippen LogP contribution in [0.2, 0.25) is 0 Å². The first-order chi connectivity index (χ1) is 18.5. The smallest absolute Gasteiger partial charge is 0.268 e. The number of carbonyl (C=O) groups excluding carboxylic acids is 1. The van der Waals surface area contributed by atoms with Crippen LogP contribution >= 0.6 is 0 Å². The fourth-order valence-corrected chi connectivity index (χ4v) is 8.61. The van der Waals surface area contributed by atoms with Crippen molar-refractivity contribution < 1.29 is 31.1 Å². The number of sulfonamides is 1. The molecule has 0 spiro atoms. The molecule has 0 aromatic heterocycles. The van der Waals surface area contributed by atoms with E-state index in [4.69, 9.17) is 15.2 Å². The van der Waals surface area contributed by atoms with Crippen LogP contribution in [0.1, 0.15) is 32.3 Å². The van der Waals surface area contributed by atoms with E-state index in [1.807, 2.05) is 30.3 Å². The van der Waals surface area contributed by atoms with E-state index in [9.17, 15) is 21.6 Å². The van der Waals surface area contributed by atoms with Gasteiger partial charge < -0.3 is 20.5 Å². The summed E-state index contributed by atoms with van der Waals surface area (Å²) in [7, 11) is -8.12. The van der Waals surface area contributed by atoms with Gasteiger partial charge in [0.25, 0.3) is 10.0 Å². The molecule has 0 aliphatic carbocycles. The van der Waals surface area contributed by atoms with Crippen molar-refractivity contribution in [3.8, 4) is 11.5 Å². The van der Waals surface area contributed by atoms with Gasteiger partial charge in [-0.15, -0.1) is 0 Å². The molecule has 12 heteroatoms.